The van der Waals surface area contributed by atoms with Gasteiger partial charge in [0.05, 0.1) is 19.4 Å². The molecular weight excluding hydrogens is 199 g/mol. The van der Waals surface area contributed by atoms with Crippen LogP contribution in [0.15, 0.2) is 0 Å². The van der Waals surface area contributed by atoms with Gasteiger partial charge in [-0.1, -0.05) is 0 Å². The molecule has 0 aromatic heterocycles. The Morgan fingerprint density at radius 3 is 2.00 bits per heavy atom. The minimum atomic E-state index is -2.91. The Morgan fingerprint density at radius 2 is 1.75 bits per heavy atom. The van der Waals surface area contributed by atoms with Crippen LogP contribution in [0, 0.1) is 0 Å². The first-order chi connectivity index (χ1) is 5.54. The van der Waals surface area contributed by atoms with E-state index in [1.54, 1.807) is 20.8 Å². The fourth-order valence-corrected chi connectivity index (χ4v) is 3.04. The Kier molecular flexibility index (Phi) is 6.20. The van der Waals surface area contributed by atoms with Gasteiger partial charge in [-0.3, -0.25) is 4.57 Å². The quantitative estimate of drug-likeness (QED) is 0.504. The number of hydrogen-bond donors (Lipinski definition) is 0. The molecule has 12 heavy (non-hydrogen) atoms. The van der Waals surface area contributed by atoms with Gasteiger partial charge in [0.15, 0.2) is 0 Å². The van der Waals surface area contributed by atoms with E-state index in [0.29, 0.717) is 13.2 Å². The molecule has 3 nitrogen and oxygen atoms in total. The molecule has 1 atom stereocenters. The second-order valence-electron chi connectivity index (χ2n) is 2.41. The van der Waals surface area contributed by atoms with E-state index in [4.69, 9.17) is 20.6 Å². The molecule has 1 unspecified atom stereocenters. The zero-order chi connectivity index (χ0) is 9.61. The van der Waals surface area contributed by atoms with Crippen molar-refractivity contribution >= 4 is 19.2 Å². The lowest BCUT2D eigenvalue weighted by atomic mass is 10.6. The summed E-state index contributed by atoms with van der Waals surface area (Å²) in [5.41, 5.74) is 0. The van der Waals surface area contributed by atoms with Crippen LogP contribution in [-0.2, 0) is 13.6 Å². The number of alkyl halides is 1. The normalized spacial score (nSPS) is 14.7. The van der Waals surface area contributed by atoms with Gasteiger partial charge in [0.2, 0.25) is 0 Å². The molecular formula is C7H16ClO3P. The first kappa shape index (κ1) is 12.4. The lowest BCUT2D eigenvalue weighted by molar-refractivity contribution is 0.220. The predicted octanol–water partition coefficient (Wildman–Crippen LogP) is 2.88. The van der Waals surface area contributed by atoms with E-state index >= 15 is 0 Å². The maximum atomic E-state index is 11.7. The standard InChI is InChI=1S/C7H16ClO3P/c1-4-10-12(9,11-5-2)6-7(3)8/h7H,4-6H2,1-3H3. The van der Waals surface area contributed by atoms with Crippen LogP contribution >= 0.6 is 19.2 Å². The monoisotopic (exact) mass is 214 g/mol. The van der Waals surface area contributed by atoms with E-state index in [-0.39, 0.29) is 11.5 Å². The van der Waals surface area contributed by atoms with E-state index < -0.39 is 7.60 Å². The highest BCUT2D eigenvalue weighted by Crippen LogP contribution is 2.48. The average molecular weight is 215 g/mol. The van der Waals surface area contributed by atoms with E-state index in [0.717, 1.165) is 0 Å². The summed E-state index contributed by atoms with van der Waals surface area (Å²) in [5, 5.41) is -0.186. The number of halogens is 1. The van der Waals surface area contributed by atoms with E-state index in [9.17, 15) is 4.57 Å². The Balaban J connectivity index is 4.08. The predicted molar refractivity (Wildman–Crippen MR) is 51.0 cm³/mol. The maximum Gasteiger partial charge on any atom is 0.332 e. The summed E-state index contributed by atoms with van der Waals surface area (Å²) in [6.45, 7) is 6.11. The molecule has 0 amide bonds. The summed E-state index contributed by atoms with van der Waals surface area (Å²) < 4.78 is 21.8. The maximum absolute atomic E-state index is 11.7. The molecule has 5 heteroatoms. The lowest BCUT2D eigenvalue weighted by Crippen LogP contribution is -2.06. The third-order valence-electron chi connectivity index (χ3n) is 1.13. The number of rotatable bonds is 6. The largest absolute Gasteiger partial charge is 0.332 e. The minimum absolute atomic E-state index is 0.186. The van der Waals surface area contributed by atoms with Gasteiger partial charge in [0.25, 0.3) is 0 Å². The minimum Gasteiger partial charge on any atom is -0.309 e. The first-order valence-electron chi connectivity index (χ1n) is 4.06. The molecule has 0 aliphatic rings. The molecule has 74 valence electrons. The summed E-state index contributed by atoms with van der Waals surface area (Å²) in [6.07, 6.45) is 0.274. The molecule has 0 aliphatic heterocycles. The van der Waals surface area contributed by atoms with Gasteiger partial charge >= 0.3 is 7.60 Å². The van der Waals surface area contributed by atoms with Crippen molar-refractivity contribution < 1.29 is 13.6 Å². The topological polar surface area (TPSA) is 35.5 Å². The summed E-state index contributed by atoms with van der Waals surface area (Å²) in [4.78, 5) is 0. The van der Waals surface area contributed by atoms with Gasteiger partial charge in [-0.25, -0.2) is 0 Å². The second kappa shape index (κ2) is 5.98. The van der Waals surface area contributed by atoms with Crippen LogP contribution in [0.25, 0.3) is 0 Å². The molecule has 0 aromatic carbocycles. The molecule has 0 bridgehead atoms. The van der Waals surface area contributed by atoms with Crippen molar-refractivity contribution in [3.63, 3.8) is 0 Å². The Labute approximate surface area is 78.9 Å². The van der Waals surface area contributed by atoms with Crippen LogP contribution in [0.2, 0.25) is 0 Å². The van der Waals surface area contributed by atoms with Crippen LogP contribution in [0.1, 0.15) is 20.8 Å². The van der Waals surface area contributed by atoms with Gasteiger partial charge in [-0.05, 0) is 20.8 Å². The van der Waals surface area contributed by atoms with Crippen LogP contribution < -0.4 is 0 Å². The number of hydrogen-bond acceptors (Lipinski definition) is 3. The fourth-order valence-electron chi connectivity index (χ4n) is 0.844. The van der Waals surface area contributed by atoms with Gasteiger partial charge in [-0.2, -0.15) is 0 Å². The van der Waals surface area contributed by atoms with Crippen molar-refractivity contribution in [1.29, 1.82) is 0 Å². The Hall–Kier alpha value is 0.440. The van der Waals surface area contributed by atoms with Gasteiger partial charge in [0, 0.05) is 5.38 Å². The van der Waals surface area contributed by atoms with Crippen LogP contribution in [0.4, 0.5) is 0 Å². The summed E-state index contributed by atoms with van der Waals surface area (Å²) >= 11 is 5.70. The Morgan fingerprint density at radius 1 is 1.33 bits per heavy atom. The van der Waals surface area contributed by atoms with Crippen LogP contribution in [-0.4, -0.2) is 24.8 Å². The van der Waals surface area contributed by atoms with E-state index in [1.165, 1.54) is 0 Å². The van der Waals surface area contributed by atoms with Gasteiger partial charge in [0.1, 0.15) is 0 Å². The highest BCUT2D eigenvalue weighted by atomic mass is 35.5. The zero-order valence-electron chi connectivity index (χ0n) is 7.75. The van der Waals surface area contributed by atoms with Crippen molar-refractivity contribution in [3.8, 4) is 0 Å². The lowest BCUT2D eigenvalue weighted by Gasteiger charge is -2.17. The molecule has 0 aliphatic carbocycles. The van der Waals surface area contributed by atoms with Crippen molar-refractivity contribution in [2.75, 3.05) is 19.4 Å². The average Bonchev–Trinajstić information content (AvgIpc) is 1.85. The molecule has 0 spiro atoms. The smallest absolute Gasteiger partial charge is 0.309 e. The summed E-state index contributed by atoms with van der Waals surface area (Å²) in [7, 11) is -2.91. The van der Waals surface area contributed by atoms with Crippen LogP contribution in [0.5, 0.6) is 0 Å². The van der Waals surface area contributed by atoms with Crippen molar-refractivity contribution in [2.45, 2.75) is 26.1 Å². The van der Waals surface area contributed by atoms with Crippen molar-refractivity contribution in [3.05, 3.63) is 0 Å². The fraction of sp³-hybridized carbons (Fsp3) is 1.00. The van der Waals surface area contributed by atoms with E-state index in [2.05, 4.69) is 0 Å². The van der Waals surface area contributed by atoms with Crippen LogP contribution in [0.3, 0.4) is 0 Å². The van der Waals surface area contributed by atoms with Crippen molar-refractivity contribution in [2.24, 2.45) is 0 Å². The third kappa shape index (κ3) is 5.15. The molecule has 0 rings (SSSR count). The molecule has 0 aromatic rings. The molecule has 0 saturated heterocycles. The Bertz CT molecular complexity index is 151. The zero-order valence-corrected chi connectivity index (χ0v) is 9.40. The van der Waals surface area contributed by atoms with E-state index in [1.807, 2.05) is 0 Å². The molecule has 0 N–H and O–H groups in total. The SMILES string of the molecule is CCOP(=O)(CC(C)Cl)OCC. The molecule has 0 fully saturated rings. The first-order valence-corrected chi connectivity index (χ1v) is 6.22. The molecule has 0 saturated carbocycles. The molecule has 0 radical (unpaired) electrons. The second-order valence-corrected chi connectivity index (χ2v) is 5.26. The highest BCUT2D eigenvalue weighted by molar-refractivity contribution is 7.54. The third-order valence-corrected chi connectivity index (χ3v) is 3.79. The molecule has 0 heterocycles. The summed E-state index contributed by atoms with van der Waals surface area (Å²) in [6, 6.07) is 0. The highest BCUT2D eigenvalue weighted by Gasteiger charge is 2.25. The van der Waals surface area contributed by atoms with Gasteiger partial charge in [-0.15, -0.1) is 11.6 Å². The van der Waals surface area contributed by atoms with Crippen molar-refractivity contribution in [1.82, 2.24) is 0 Å². The van der Waals surface area contributed by atoms with Gasteiger partial charge < -0.3 is 9.05 Å². The summed E-state index contributed by atoms with van der Waals surface area (Å²) in [5.74, 6) is 0.